The van der Waals surface area contributed by atoms with Crippen LogP contribution in [0.3, 0.4) is 0 Å². The number of benzene rings is 1. The zero-order valence-corrected chi connectivity index (χ0v) is 19.1. The Kier molecular flexibility index (Phi) is 8.36. The molecule has 174 valence electrons. The molecule has 2 aromatic rings. The predicted molar refractivity (Wildman–Crippen MR) is 116 cm³/mol. The number of hydrogen-bond acceptors (Lipinski definition) is 8. The Balaban J connectivity index is 2.26. The Hall–Kier alpha value is -3.40. The molecule has 1 heterocycles. The van der Waals surface area contributed by atoms with E-state index in [1.165, 1.54) is 13.2 Å². The number of carbonyl (C=O) groups is 2. The predicted octanol–water partition coefficient (Wildman–Crippen LogP) is 3.67. The molecule has 1 aromatic heterocycles. The molecule has 0 radical (unpaired) electrons. The van der Waals surface area contributed by atoms with E-state index in [2.05, 4.69) is 0 Å². The van der Waals surface area contributed by atoms with Gasteiger partial charge in [-0.2, -0.15) is 0 Å². The van der Waals surface area contributed by atoms with Crippen LogP contribution in [0.2, 0.25) is 0 Å². The molecule has 2 rings (SSSR count). The van der Waals surface area contributed by atoms with Crippen LogP contribution < -0.4 is 9.47 Å². The highest BCUT2D eigenvalue weighted by atomic mass is 16.6. The molecule has 0 amide bonds. The summed E-state index contributed by atoms with van der Waals surface area (Å²) in [5.41, 5.74) is 1.18. The van der Waals surface area contributed by atoms with Crippen molar-refractivity contribution in [2.75, 3.05) is 34.0 Å². The number of nitro groups is 1. The molecule has 1 unspecified atom stereocenters. The number of ketones is 1. The number of nitrogens with zero attached hydrogens (tertiary/aromatic N) is 2. The molecular weight excluding hydrogens is 420 g/mol. The maximum absolute atomic E-state index is 12.7. The first-order valence-corrected chi connectivity index (χ1v) is 10.0. The van der Waals surface area contributed by atoms with Gasteiger partial charge in [-0.05, 0) is 33.8 Å². The quantitative estimate of drug-likeness (QED) is 0.221. The summed E-state index contributed by atoms with van der Waals surface area (Å²) >= 11 is 0. The van der Waals surface area contributed by atoms with E-state index in [0.717, 1.165) is 17.5 Å². The van der Waals surface area contributed by atoms with Crippen LogP contribution in [0.1, 0.15) is 52.0 Å². The first-order valence-electron chi connectivity index (χ1n) is 10.0. The Bertz CT molecular complexity index is 1010. The van der Waals surface area contributed by atoms with Gasteiger partial charge in [0.15, 0.2) is 18.1 Å². The first kappa shape index (κ1) is 24.9. The molecule has 0 saturated carbocycles. The van der Waals surface area contributed by atoms with Gasteiger partial charge < -0.3 is 23.5 Å². The lowest BCUT2D eigenvalue weighted by Gasteiger charge is -2.17. The number of esters is 1. The average molecular weight is 448 g/mol. The van der Waals surface area contributed by atoms with Crippen LogP contribution in [0.5, 0.6) is 11.5 Å². The molecule has 0 aliphatic carbocycles. The summed E-state index contributed by atoms with van der Waals surface area (Å²) in [7, 11) is 2.94. The molecule has 0 aliphatic heterocycles. The van der Waals surface area contributed by atoms with E-state index in [4.69, 9.17) is 18.9 Å². The van der Waals surface area contributed by atoms with Crippen molar-refractivity contribution in [1.82, 2.24) is 4.57 Å². The average Bonchev–Trinajstić information content (AvgIpc) is 3.05. The number of methoxy groups -OCH3 is 2. The number of ether oxygens (including phenoxy) is 4. The van der Waals surface area contributed by atoms with E-state index in [1.54, 1.807) is 27.0 Å². The second-order valence-corrected chi connectivity index (χ2v) is 7.17. The molecule has 1 atom stereocenters. The fraction of sp³-hybridized carbons (Fsp3) is 0.455. The van der Waals surface area contributed by atoms with Crippen molar-refractivity contribution >= 4 is 17.4 Å². The van der Waals surface area contributed by atoms with Gasteiger partial charge >= 0.3 is 5.97 Å². The van der Waals surface area contributed by atoms with Crippen molar-refractivity contribution in [1.29, 1.82) is 0 Å². The molecule has 0 N–H and O–H groups in total. The van der Waals surface area contributed by atoms with E-state index < -0.39 is 29.0 Å². The van der Waals surface area contributed by atoms with Gasteiger partial charge in [0.05, 0.1) is 37.4 Å². The Morgan fingerprint density at radius 1 is 1.12 bits per heavy atom. The second-order valence-electron chi connectivity index (χ2n) is 7.17. The lowest BCUT2D eigenvalue weighted by molar-refractivity contribution is -0.385. The van der Waals surface area contributed by atoms with Crippen LogP contribution in [-0.4, -0.2) is 55.3 Å². The van der Waals surface area contributed by atoms with Gasteiger partial charge in [0.1, 0.15) is 5.56 Å². The number of aromatic nitrogens is 1. The third-order valence-corrected chi connectivity index (χ3v) is 4.97. The summed E-state index contributed by atoms with van der Waals surface area (Å²) in [5, 5.41) is 11.4. The van der Waals surface area contributed by atoms with Crippen LogP contribution in [0.15, 0.2) is 18.2 Å². The standard InChI is InChI=1S/C22H28N2O8/c1-7-31-21-9-17(18(24(27)28)10-20(21)30-6)22(26)32-12-19(25)16-8-13(2)23(15(16)4)14(3)11-29-5/h8-10,14H,7,11-12H2,1-6H3. The van der Waals surface area contributed by atoms with Crippen LogP contribution in [-0.2, 0) is 9.47 Å². The monoisotopic (exact) mass is 448 g/mol. The largest absolute Gasteiger partial charge is 0.493 e. The number of Topliss-reactive ketones (excluding diaryl/α,β-unsaturated/α-hetero) is 1. The Labute approximate surface area is 186 Å². The van der Waals surface area contributed by atoms with Gasteiger partial charge in [-0.15, -0.1) is 0 Å². The minimum Gasteiger partial charge on any atom is -0.493 e. The lowest BCUT2D eigenvalue weighted by atomic mass is 10.1. The van der Waals surface area contributed by atoms with E-state index in [9.17, 15) is 19.7 Å². The van der Waals surface area contributed by atoms with Gasteiger partial charge in [0.2, 0.25) is 5.78 Å². The normalized spacial score (nSPS) is 11.7. The molecule has 0 spiro atoms. The Morgan fingerprint density at radius 3 is 2.38 bits per heavy atom. The van der Waals surface area contributed by atoms with Crippen LogP contribution >= 0.6 is 0 Å². The fourth-order valence-electron chi connectivity index (χ4n) is 3.63. The van der Waals surface area contributed by atoms with Gasteiger partial charge in [0.25, 0.3) is 5.69 Å². The van der Waals surface area contributed by atoms with E-state index >= 15 is 0 Å². The Morgan fingerprint density at radius 2 is 1.81 bits per heavy atom. The third kappa shape index (κ3) is 5.25. The smallest absolute Gasteiger partial charge is 0.345 e. The molecule has 10 nitrogen and oxygen atoms in total. The van der Waals surface area contributed by atoms with Crippen molar-refractivity contribution in [3.05, 3.63) is 50.8 Å². The fourth-order valence-corrected chi connectivity index (χ4v) is 3.63. The summed E-state index contributed by atoms with van der Waals surface area (Å²) < 4.78 is 22.8. The highest BCUT2D eigenvalue weighted by Gasteiger charge is 2.27. The number of hydrogen-bond donors (Lipinski definition) is 0. The maximum Gasteiger partial charge on any atom is 0.345 e. The van der Waals surface area contributed by atoms with Crippen molar-refractivity contribution in [2.24, 2.45) is 0 Å². The number of rotatable bonds is 11. The third-order valence-electron chi connectivity index (χ3n) is 4.97. The van der Waals surface area contributed by atoms with Gasteiger partial charge in [-0.25, -0.2) is 4.79 Å². The van der Waals surface area contributed by atoms with Crippen LogP contribution in [0.25, 0.3) is 0 Å². The highest BCUT2D eigenvalue weighted by molar-refractivity contribution is 6.01. The molecule has 0 fully saturated rings. The topological polar surface area (TPSA) is 119 Å². The minimum atomic E-state index is -1.00. The maximum atomic E-state index is 12.7. The number of nitro benzene ring substituents is 1. The number of aryl methyl sites for hydroxylation is 1. The lowest BCUT2D eigenvalue weighted by Crippen LogP contribution is -2.17. The molecule has 0 aliphatic rings. The SMILES string of the molecule is CCOc1cc(C(=O)OCC(=O)c2cc(C)n(C(C)COC)c2C)c([N+](=O)[O-])cc1OC. The van der Waals surface area contributed by atoms with Crippen molar-refractivity contribution in [3.63, 3.8) is 0 Å². The van der Waals surface area contributed by atoms with Crippen LogP contribution in [0.4, 0.5) is 5.69 Å². The molecule has 0 bridgehead atoms. The summed E-state index contributed by atoms with van der Waals surface area (Å²) in [4.78, 5) is 36.1. The van der Waals surface area contributed by atoms with Crippen molar-refractivity contribution in [2.45, 2.75) is 33.7 Å². The van der Waals surface area contributed by atoms with Gasteiger partial charge in [-0.1, -0.05) is 0 Å². The minimum absolute atomic E-state index is 0.0167. The summed E-state index contributed by atoms with van der Waals surface area (Å²) in [6.45, 7) is 7.54. The number of carbonyl (C=O) groups excluding carboxylic acids is 2. The van der Waals surface area contributed by atoms with Crippen molar-refractivity contribution < 1.29 is 33.5 Å². The molecule has 32 heavy (non-hydrogen) atoms. The molecule has 10 heteroatoms. The van der Waals surface area contributed by atoms with Gasteiger partial charge in [0, 0.05) is 30.1 Å². The second kappa shape index (κ2) is 10.8. The zero-order valence-electron chi connectivity index (χ0n) is 19.1. The highest BCUT2D eigenvalue weighted by Crippen LogP contribution is 2.35. The molecular formula is C22H28N2O8. The van der Waals surface area contributed by atoms with E-state index in [-0.39, 0.29) is 29.7 Å². The molecule has 0 saturated heterocycles. The van der Waals surface area contributed by atoms with Gasteiger partial charge in [-0.3, -0.25) is 14.9 Å². The zero-order chi connectivity index (χ0) is 24.0. The van der Waals surface area contributed by atoms with Crippen LogP contribution in [0, 0.1) is 24.0 Å². The van der Waals surface area contributed by atoms with E-state index in [0.29, 0.717) is 12.2 Å². The van der Waals surface area contributed by atoms with E-state index in [1.807, 2.05) is 18.4 Å². The summed E-state index contributed by atoms with van der Waals surface area (Å²) in [6, 6.07) is 4.02. The first-order chi connectivity index (χ1) is 15.2. The van der Waals surface area contributed by atoms with Crippen molar-refractivity contribution in [3.8, 4) is 11.5 Å². The summed E-state index contributed by atoms with van der Waals surface area (Å²) in [6.07, 6.45) is 0. The summed E-state index contributed by atoms with van der Waals surface area (Å²) in [5.74, 6) is -1.14. The molecule has 1 aromatic carbocycles.